The van der Waals surface area contributed by atoms with Gasteiger partial charge in [0.15, 0.2) is 0 Å². The lowest BCUT2D eigenvalue weighted by Crippen LogP contribution is -2.02. The molecule has 0 atom stereocenters. The first-order valence-electron chi connectivity index (χ1n) is 11.4. The van der Waals surface area contributed by atoms with Crippen molar-refractivity contribution in [2.45, 2.75) is 52.9 Å². The van der Waals surface area contributed by atoms with Crippen LogP contribution in [0.15, 0.2) is 53.7 Å². The maximum absolute atomic E-state index is 6.07. The van der Waals surface area contributed by atoms with Gasteiger partial charge in [-0.15, -0.1) is 0 Å². The van der Waals surface area contributed by atoms with Gasteiger partial charge in [0.2, 0.25) is 0 Å². The molecule has 0 spiro atoms. The first kappa shape index (κ1) is 25.3. The molecule has 0 radical (unpaired) electrons. The molecule has 0 unspecified atom stereocenters. The second-order valence-electron chi connectivity index (χ2n) is 7.70. The van der Waals surface area contributed by atoms with Gasteiger partial charge in [-0.3, -0.25) is 0 Å². The van der Waals surface area contributed by atoms with E-state index in [1.54, 1.807) is 6.21 Å². The first-order valence-corrected chi connectivity index (χ1v) is 11.4. The van der Waals surface area contributed by atoms with Crippen molar-refractivity contribution < 1.29 is 19.0 Å². The molecule has 0 aliphatic heterocycles. The second-order valence-corrected chi connectivity index (χ2v) is 7.70. The molecule has 0 saturated heterocycles. The molecule has 2 aromatic rings. The van der Waals surface area contributed by atoms with Gasteiger partial charge in [-0.2, -0.15) is 0 Å². The number of hydrogen-bond donors (Lipinski definition) is 0. The molecule has 0 saturated carbocycles. The van der Waals surface area contributed by atoms with Crippen LogP contribution >= 0.6 is 0 Å². The molecule has 0 N–H and O–H groups in total. The van der Waals surface area contributed by atoms with Crippen LogP contribution in [-0.4, -0.2) is 33.1 Å². The molecule has 2 aromatic carbocycles. The van der Waals surface area contributed by atoms with Gasteiger partial charge in [-0.1, -0.05) is 42.3 Å². The lowest BCUT2D eigenvalue weighted by Gasteiger charge is -2.14. The molecule has 0 heterocycles. The van der Waals surface area contributed by atoms with Crippen LogP contribution in [0.5, 0.6) is 17.2 Å². The van der Waals surface area contributed by atoms with Crippen LogP contribution in [0.2, 0.25) is 0 Å². The van der Waals surface area contributed by atoms with Gasteiger partial charge >= 0.3 is 0 Å². The number of rotatable bonds is 15. The predicted octanol–water partition coefficient (Wildman–Crippen LogP) is 6.45. The van der Waals surface area contributed by atoms with Crippen LogP contribution in [0, 0.1) is 13.8 Å². The van der Waals surface area contributed by atoms with E-state index in [2.05, 4.69) is 48.1 Å². The van der Waals surface area contributed by atoms with E-state index in [-0.39, 0.29) is 0 Å². The Labute approximate surface area is 193 Å². The second kappa shape index (κ2) is 15.0. The van der Waals surface area contributed by atoms with Gasteiger partial charge < -0.3 is 19.0 Å². The zero-order valence-electron chi connectivity index (χ0n) is 19.9. The summed E-state index contributed by atoms with van der Waals surface area (Å²) in [6.45, 7) is 7.90. The number of oxime groups is 1. The Morgan fingerprint density at radius 1 is 0.812 bits per heavy atom. The predicted molar refractivity (Wildman–Crippen MR) is 131 cm³/mol. The topological polar surface area (TPSA) is 49.3 Å². The quantitative estimate of drug-likeness (QED) is 0.138. The van der Waals surface area contributed by atoms with Gasteiger partial charge in [0.25, 0.3) is 0 Å². The first-order chi connectivity index (χ1) is 15.6. The normalized spacial score (nSPS) is 11.2. The summed E-state index contributed by atoms with van der Waals surface area (Å²) >= 11 is 0. The number of nitrogens with zero attached hydrogens (tertiary/aromatic N) is 1. The molecule has 5 heteroatoms. The minimum atomic E-state index is 0.406. The van der Waals surface area contributed by atoms with Gasteiger partial charge in [0.1, 0.15) is 37.6 Å². The fourth-order valence-corrected chi connectivity index (χ4v) is 3.41. The number of aryl methyl sites for hydroxylation is 3. The molecular formula is C27H37NO4. The van der Waals surface area contributed by atoms with Crippen molar-refractivity contribution in [2.24, 2.45) is 5.16 Å². The monoisotopic (exact) mass is 439 g/mol. The lowest BCUT2D eigenvalue weighted by molar-refractivity contribution is 0.212. The summed E-state index contributed by atoms with van der Waals surface area (Å²) in [6.07, 6.45) is 11.3. The molecule has 0 aliphatic carbocycles. The fraction of sp³-hybridized carbons (Fsp3) is 0.444. The largest absolute Gasteiger partial charge is 0.493 e. The highest BCUT2D eigenvalue weighted by Crippen LogP contribution is 2.28. The third-order valence-electron chi connectivity index (χ3n) is 5.05. The number of benzene rings is 2. The molecule has 32 heavy (non-hydrogen) atoms. The molecule has 2 rings (SSSR count). The van der Waals surface area contributed by atoms with E-state index in [4.69, 9.17) is 14.2 Å². The van der Waals surface area contributed by atoms with E-state index < -0.39 is 0 Å². The maximum atomic E-state index is 6.07. The van der Waals surface area contributed by atoms with Crippen LogP contribution in [0.25, 0.3) is 0 Å². The maximum Gasteiger partial charge on any atom is 0.127 e. The third-order valence-corrected chi connectivity index (χ3v) is 5.05. The lowest BCUT2D eigenvalue weighted by atomic mass is 10.1. The Kier molecular flexibility index (Phi) is 11.8. The zero-order valence-corrected chi connectivity index (χ0v) is 19.9. The summed E-state index contributed by atoms with van der Waals surface area (Å²) in [6, 6.07) is 12.4. The van der Waals surface area contributed by atoms with E-state index in [0.29, 0.717) is 13.2 Å². The summed E-state index contributed by atoms with van der Waals surface area (Å²) in [4.78, 5) is 4.61. The summed E-state index contributed by atoms with van der Waals surface area (Å²) in [5, 5.41) is 3.65. The van der Waals surface area contributed by atoms with E-state index in [1.807, 2.05) is 31.2 Å². The zero-order chi connectivity index (χ0) is 23.0. The van der Waals surface area contributed by atoms with Crippen molar-refractivity contribution in [2.75, 3.05) is 26.9 Å². The van der Waals surface area contributed by atoms with E-state index in [1.165, 1.54) is 31.9 Å². The van der Waals surface area contributed by atoms with Crippen molar-refractivity contribution in [1.82, 2.24) is 0 Å². The van der Waals surface area contributed by atoms with Crippen LogP contribution in [0.4, 0.5) is 0 Å². The van der Waals surface area contributed by atoms with Gasteiger partial charge in [0.05, 0.1) is 12.8 Å². The van der Waals surface area contributed by atoms with Crippen molar-refractivity contribution in [1.29, 1.82) is 0 Å². The van der Waals surface area contributed by atoms with Gasteiger partial charge in [-0.05, 0) is 81.0 Å². The van der Waals surface area contributed by atoms with Crippen molar-refractivity contribution >= 4 is 6.21 Å². The smallest absolute Gasteiger partial charge is 0.127 e. The number of ether oxygens (including phenoxy) is 3. The van der Waals surface area contributed by atoms with E-state index in [9.17, 15) is 0 Å². The molecule has 5 nitrogen and oxygen atoms in total. The number of allylic oxidation sites excluding steroid dienone is 1. The van der Waals surface area contributed by atoms with Crippen molar-refractivity contribution in [3.63, 3.8) is 0 Å². The Balaban J connectivity index is 1.62. The molecule has 0 aliphatic rings. The number of unbranched alkanes of at least 4 members (excludes halogenated alkanes) is 3. The van der Waals surface area contributed by atoms with Crippen molar-refractivity contribution in [3.8, 4) is 17.2 Å². The molecule has 174 valence electrons. The summed E-state index contributed by atoms with van der Waals surface area (Å²) in [5.41, 5.74) is 3.58. The SMILES string of the molecule is C/C=C/COc1cc(C)c(OCCCCCCc2ccc(OC/C=N/OC)cc2)c(C)c1. The Morgan fingerprint density at radius 2 is 1.50 bits per heavy atom. The average Bonchev–Trinajstić information content (AvgIpc) is 2.78. The van der Waals surface area contributed by atoms with Crippen LogP contribution < -0.4 is 14.2 Å². The third kappa shape index (κ3) is 9.46. The highest BCUT2D eigenvalue weighted by Gasteiger charge is 2.07. The Morgan fingerprint density at radius 3 is 2.19 bits per heavy atom. The minimum Gasteiger partial charge on any atom is -0.493 e. The van der Waals surface area contributed by atoms with Crippen LogP contribution in [-0.2, 0) is 11.3 Å². The van der Waals surface area contributed by atoms with Crippen LogP contribution in [0.1, 0.15) is 49.3 Å². The summed E-state index contributed by atoms with van der Waals surface area (Å²) < 4.78 is 17.4. The minimum absolute atomic E-state index is 0.406. The molecule has 0 fully saturated rings. The standard InChI is InChI=1S/C27H37NO4/c1-5-6-17-30-26-20-22(2)27(23(3)21-26)32-18-10-8-7-9-11-24-12-14-25(15-13-24)31-19-16-28-29-4/h5-6,12-16,20-21H,7-11,17-19H2,1-4H3/b6-5+,28-16+. The highest BCUT2D eigenvalue weighted by atomic mass is 16.6. The highest BCUT2D eigenvalue weighted by molar-refractivity contribution is 5.58. The molecule has 0 amide bonds. The fourth-order valence-electron chi connectivity index (χ4n) is 3.41. The van der Waals surface area contributed by atoms with E-state index >= 15 is 0 Å². The summed E-state index contributed by atoms with van der Waals surface area (Å²) in [7, 11) is 1.52. The molecule has 0 aromatic heterocycles. The Hall–Kier alpha value is -2.95. The van der Waals surface area contributed by atoms with Crippen molar-refractivity contribution in [3.05, 3.63) is 65.2 Å². The number of hydrogen-bond acceptors (Lipinski definition) is 5. The average molecular weight is 440 g/mol. The molecule has 0 bridgehead atoms. The van der Waals surface area contributed by atoms with Gasteiger partial charge in [-0.25, -0.2) is 0 Å². The van der Waals surface area contributed by atoms with Crippen LogP contribution in [0.3, 0.4) is 0 Å². The summed E-state index contributed by atoms with van der Waals surface area (Å²) in [5.74, 6) is 2.72. The molecular weight excluding hydrogens is 402 g/mol. The van der Waals surface area contributed by atoms with E-state index in [0.717, 1.165) is 47.8 Å². The Bertz CT molecular complexity index is 820. The van der Waals surface area contributed by atoms with Gasteiger partial charge in [0, 0.05) is 0 Å².